The van der Waals surface area contributed by atoms with Gasteiger partial charge in [-0.25, -0.2) is 9.37 Å². The molecule has 28 heavy (non-hydrogen) atoms. The van der Waals surface area contributed by atoms with Gasteiger partial charge in [0.2, 0.25) is 5.88 Å². The zero-order valence-electron chi connectivity index (χ0n) is 16.1. The van der Waals surface area contributed by atoms with Gasteiger partial charge in [0, 0.05) is 24.2 Å². The first-order chi connectivity index (χ1) is 13.3. The standard InChI is InChI=1S/C20H23BrFN3O3/c1-12(2)19-23-13(3)9-17(24-19)28-11-14-10-25(7-8-27-14)20(26)15-5-4-6-16(21)18(15)22/h4-6,9,12,14H,7-8,10-11H2,1-3H3. The zero-order valence-corrected chi connectivity index (χ0v) is 17.7. The second kappa shape index (κ2) is 8.96. The molecule has 150 valence electrons. The molecule has 0 spiro atoms. The van der Waals surface area contributed by atoms with Gasteiger partial charge >= 0.3 is 0 Å². The molecule has 0 N–H and O–H groups in total. The summed E-state index contributed by atoms with van der Waals surface area (Å²) in [7, 11) is 0. The molecular formula is C20H23BrFN3O3. The normalized spacial score (nSPS) is 17.1. The average Bonchev–Trinajstić information content (AvgIpc) is 2.68. The number of hydrogen-bond acceptors (Lipinski definition) is 5. The van der Waals surface area contributed by atoms with Crippen LogP contribution in [0.1, 0.15) is 41.6 Å². The Kier molecular flexibility index (Phi) is 6.61. The van der Waals surface area contributed by atoms with E-state index in [1.165, 1.54) is 6.07 Å². The Morgan fingerprint density at radius 3 is 2.96 bits per heavy atom. The van der Waals surface area contributed by atoms with E-state index >= 15 is 0 Å². The lowest BCUT2D eigenvalue weighted by Gasteiger charge is -2.33. The van der Waals surface area contributed by atoms with Gasteiger partial charge < -0.3 is 14.4 Å². The Morgan fingerprint density at radius 1 is 1.43 bits per heavy atom. The summed E-state index contributed by atoms with van der Waals surface area (Å²) in [5, 5.41) is 0. The molecule has 1 atom stereocenters. The summed E-state index contributed by atoms with van der Waals surface area (Å²) in [5.74, 6) is 0.501. The van der Waals surface area contributed by atoms with Crippen molar-refractivity contribution in [2.45, 2.75) is 32.8 Å². The van der Waals surface area contributed by atoms with E-state index in [9.17, 15) is 9.18 Å². The number of carbonyl (C=O) groups excluding carboxylic acids is 1. The van der Waals surface area contributed by atoms with Crippen molar-refractivity contribution in [3.05, 3.63) is 51.6 Å². The minimum atomic E-state index is -0.551. The number of amides is 1. The maximum absolute atomic E-state index is 14.2. The van der Waals surface area contributed by atoms with Crippen LogP contribution in [0, 0.1) is 12.7 Å². The van der Waals surface area contributed by atoms with Gasteiger partial charge in [-0.2, -0.15) is 4.98 Å². The summed E-state index contributed by atoms with van der Waals surface area (Å²) >= 11 is 3.12. The van der Waals surface area contributed by atoms with Gasteiger partial charge in [0.25, 0.3) is 5.91 Å². The number of aryl methyl sites for hydroxylation is 1. The average molecular weight is 452 g/mol. The summed E-state index contributed by atoms with van der Waals surface area (Å²) in [6.07, 6.45) is -0.314. The monoisotopic (exact) mass is 451 g/mol. The van der Waals surface area contributed by atoms with Crippen LogP contribution in [-0.4, -0.2) is 53.2 Å². The van der Waals surface area contributed by atoms with Crippen molar-refractivity contribution in [3.8, 4) is 5.88 Å². The molecule has 0 saturated carbocycles. The molecule has 1 aromatic heterocycles. The van der Waals surface area contributed by atoms with Gasteiger partial charge in [-0.3, -0.25) is 4.79 Å². The Hall–Kier alpha value is -2.06. The first-order valence-corrected chi connectivity index (χ1v) is 9.97. The molecular weight excluding hydrogens is 429 g/mol. The fraction of sp³-hybridized carbons (Fsp3) is 0.450. The molecule has 0 radical (unpaired) electrons. The maximum Gasteiger partial charge on any atom is 0.257 e. The van der Waals surface area contributed by atoms with Crippen LogP contribution < -0.4 is 4.74 Å². The Labute approximate surface area is 172 Å². The van der Waals surface area contributed by atoms with Crippen LogP contribution in [0.4, 0.5) is 4.39 Å². The number of carbonyl (C=O) groups is 1. The summed E-state index contributed by atoms with van der Waals surface area (Å²) < 4.78 is 26.0. The van der Waals surface area contributed by atoms with Crippen molar-refractivity contribution >= 4 is 21.8 Å². The molecule has 6 nitrogen and oxygen atoms in total. The van der Waals surface area contributed by atoms with Crippen LogP contribution in [-0.2, 0) is 4.74 Å². The van der Waals surface area contributed by atoms with E-state index in [2.05, 4.69) is 25.9 Å². The smallest absolute Gasteiger partial charge is 0.257 e. The minimum absolute atomic E-state index is 0.0453. The first-order valence-electron chi connectivity index (χ1n) is 9.18. The third-order valence-electron chi connectivity index (χ3n) is 4.39. The van der Waals surface area contributed by atoms with E-state index in [4.69, 9.17) is 9.47 Å². The molecule has 1 aliphatic rings. The Balaban J connectivity index is 1.64. The second-order valence-corrected chi connectivity index (χ2v) is 7.87. The second-order valence-electron chi connectivity index (χ2n) is 7.02. The molecule has 1 amide bonds. The van der Waals surface area contributed by atoms with Crippen molar-refractivity contribution in [3.63, 3.8) is 0 Å². The lowest BCUT2D eigenvalue weighted by molar-refractivity contribution is -0.0408. The van der Waals surface area contributed by atoms with Gasteiger partial charge in [-0.05, 0) is 35.0 Å². The van der Waals surface area contributed by atoms with Crippen molar-refractivity contribution < 1.29 is 18.7 Å². The predicted molar refractivity (Wildman–Crippen MR) is 106 cm³/mol. The lowest BCUT2D eigenvalue weighted by Crippen LogP contribution is -2.47. The maximum atomic E-state index is 14.2. The van der Waals surface area contributed by atoms with Gasteiger partial charge in [0.1, 0.15) is 24.4 Å². The number of ether oxygens (including phenoxy) is 2. The molecule has 2 heterocycles. The summed E-state index contributed by atoms with van der Waals surface area (Å²) in [5.41, 5.74) is 0.879. The predicted octanol–water partition coefficient (Wildman–Crippen LogP) is 3.73. The molecule has 1 aliphatic heterocycles. The highest BCUT2D eigenvalue weighted by molar-refractivity contribution is 9.10. The van der Waals surface area contributed by atoms with E-state index in [0.29, 0.717) is 25.6 Å². The number of morpholine rings is 1. The number of rotatable bonds is 5. The van der Waals surface area contributed by atoms with E-state index in [1.807, 2.05) is 20.8 Å². The molecule has 8 heteroatoms. The molecule has 1 aromatic carbocycles. The quantitative estimate of drug-likeness (QED) is 0.692. The summed E-state index contributed by atoms with van der Waals surface area (Å²) in [6, 6.07) is 6.47. The number of aromatic nitrogens is 2. The number of halogens is 2. The summed E-state index contributed by atoms with van der Waals surface area (Å²) in [6.45, 7) is 7.29. The third-order valence-corrected chi connectivity index (χ3v) is 5.00. The van der Waals surface area contributed by atoms with Crippen molar-refractivity contribution in [2.24, 2.45) is 0 Å². The zero-order chi connectivity index (χ0) is 20.3. The van der Waals surface area contributed by atoms with Crippen LogP contribution in [0.25, 0.3) is 0 Å². The van der Waals surface area contributed by atoms with Gasteiger partial charge in [0.05, 0.1) is 23.2 Å². The molecule has 0 aliphatic carbocycles. The molecule has 1 fully saturated rings. The highest BCUT2D eigenvalue weighted by Crippen LogP contribution is 2.21. The largest absolute Gasteiger partial charge is 0.475 e. The highest BCUT2D eigenvalue weighted by atomic mass is 79.9. The lowest BCUT2D eigenvalue weighted by atomic mass is 10.1. The number of benzene rings is 1. The van der Waals surface area contributed by atoms with Crippen LogP contribution in [0.5, 0.6) is 5.88 Å². The Morgan fingerprint density at radius 2 is 2.21 bits per heavy atom. The molecule has 1 saturated heterocycles. The van der Waals surface area contributed by atoms with E-state index in [0.717, 1.165) is 11.5 Å². The van der Waals surface area contributed by atoms with Crippen LogP contribution in [0.15, 0.2) is 28.7 Å². The molecule has 2 aromatic rings. The molecule has 3 rings (SSSR count). The topological polar surface area (TPSA) is 64.5 Å². The van der Waals surface area contributed by atoms with Crippen LogP contribution >= 0.6 is 15.9 Å². The first kappa shape index (κ1) is 20.7. The van der Waals surface area contributed by atoms with Crippen LogP contribution in [0.3, 0.4) is 0 Å². The van der Waals surface area contributed by atoms with Crippen molar-refractivity contribution in [1.29, 1.82) is 0 Å². The van der Waals surface area contributed by atoms with Crippen molar-refractivity contribution in [2.75, 3.05) is 26.3 Å². The fourth-order valence-corrected chi connectivity index (χ4v) is 3.28. The Bertz CT molecular complexity index is 863. The number of hydrogen-bond donors (Lipinski definition) is 0. The van der Waals surface area contributed by atoms with Gasteiger partial charge in [-0.1, -0.05) is 19.9 Å². The highest BCUT2D eigenvalue weighted by Gasteiger charge is 2.27. The van der Waals surface area contributed by atoms with Gasteiger partial charge in [-0.15, -0.1) is 0 Å². The van der Waals surface area contributed by atoms with E-state index < -0.39 is 5.82 Å². The van der Waals surface area contributed by atoms with E-state index in [1.54, 1.807) is 23.1 Å². The molecule has 1 unspecified atom stereocenters. The SMILES string of the molecule is Cc1cc(OCC2CN(C(=O)c3cccc(Br)c3F)CCO2)nc(C(C)C)n1. The van der Waals surface area contributed by atoms with E-state index in [-0.39, 0.29) is 34.6 Å². The number of nitrogens with zero attached hydrogens (tertiary/aromatic N) is 3. The van der Waals surface area contributed by atoms with Gasteiger partial charge in [0.15, 0.2) is 0 Å². The minimum Gasteiger partial charge on any atom is -0.475 e. The summed E-state index contributed by atoms with van der Waals surface area (Å²) in [4.78, 5) is 23.1. The fourth-order valence-electron chi connectivity index (χ4n) is 2.92. The van der Waals surface area contributed by atoms with Crippen molar-refractivity contribution in [1.82, 2.24) is 14.9 Å². The van der Waals surface area contributed by atoms with Crippen LogP contribution in [0.2, 0.25) is 0 Å². The molecule has 0 bridgehead atoms. The third kappa shape index (κ3) is 4.86.